The van der Waals surface area contributed by atoms with Crippen LogP contribution in [-0.4, -0.2) is 31.2 Å². The van der Waals surface area contributed by atoms with Crippen LogP contribution in [0.2, 0.25) is 5.02 Å². The van der Waals surface area contributed by atoms with Gasteiger partial charge in [-0.3, -0.25) is 18.5 Å². The first-order valence-corrected chi connectivity index (χ1v) is 13.2. The average molecular weight is 496 g/mol. The van der Waals surface area contributed by atoms with Gasteiger partial charge >= 0.3 is 4.87 Å². The van der Waals surface area contributed by atoms with Gasteiger partial charge in [-0.25, -0.2) is 8.42 Å². The van der Waals surface area contributed by atoms with Gasteiger partial charge in [-0.2, -0.15) is 0 Å². The number of fused-ring (bicyclic) bond motifs is 1. The van der Waals surface area contributed by atoms with Crippen molar-refractivity contribution in [3.63, 3.8) is 0 Å². The average Bonchev–Trinajstić information content (AvgIpc) is 3.02. The molecule has 7 nitrogen and oxygen atoms in total. The summed E-state index contributed by atoms with van der Waals surface area (Å²) >= 11 is 7.32. The second kappa shape index (κ2) is 9.25. The largest absolute Gasteiger partial charge is 0.324 e. The minimum Gasteiger partial charge on any atom is -0.324 e. The minimum atomic E-state index is -3.77. The zero-order valence-electron chi connectivity index (χ0n) is 18.5. The molecule has 0 saturated heterocycles. The van der Waals surface area contributed by atoms with Crippen LogP contribution < -0.4 is 14.5 Å². The number of aromatic nitrogens is 1. The van der Waals surface area contributed by atoms with Gasteiger partial charge in [-0.05, 0) is 63.1 Å². The maximum absolute atomic E-state index is 13.2. The van der Waals surface area contributed by atoms with Gasteiger partial charge in [0.15, 0.2) is 0 Å². The SMILES string of the molecule is CCC(C(=O)Nc1ccc2c(c1)sc(=O)n2C(C)C)N(c1ccc(C)c(Cl)c1)S(C)(=O)=O. The van der Waals surface area contributed by atoms with Crippen LogP contribution in [0.3, 0.4) is 0 Å². The molecule has 0 spiro atoms. The summed E-state index contributed by atoms with van der Waals surface area (Å²) in [6, 6.07) is 9.18. The van der Waals surface area contributed by atoms with E-state index in [1.165, 1.54) is 0 Å². The third kappa shape index (κ3) is 4.84. The molecule has 3 aromatic rings. The molecule has 1 aromatic heterocycles. The normalized spacial score (nSPS) is 12.8. The van der Waals surface area contributed by atoms with Crippen LogP contribution in [0.1, 0.15) is 38.8 Å². The van der Waals surface area contributed by atoms with Crippen molar-refractivity contribution in [2.24, 2.45) is 0 Å². The van der Waals surface area contributed by atoms with Crippen LogP contribution >= 0.6 is 22.9 Å². The van der Waals surface area contributed by atoms with E-state index in [0.717, 1.165) is 37.7 Å². The second-order valence-corrected chi connectivity index (χ2v) is 11.2. The Balaban J connectivity index is 1.96. The van der Waals surface area contributed by atoms with E-state index in [0.29, 0.717) is 16.4 Å². The maximum atomic E-state index is 13.2. The van der Waals surface area contributed by atoms with Crippen LogP contribution in [0, 0.1) is 6.92 Å². The van der Waals surface area contributed by atoms with Gasteiger partial charge < -0.3 is 5.32 Å². The van der Waals surface area contributed by atoms with Crippen LogP contribution in [0.5, 0.6) is 0 Å². The highest BCUT2D eigenvalue weighted by molar-refractivity contribution is 7.92. The Morgan fingerprint density at radius 1 is 1.22 bits per heavy atom. The lowest BCUT2D eigenvalue weighted by molar-refractivity contribution is -0.117. The molecule has 3 rings (SSSR count). The van der Waals surface area contributed by atoms with Crippen molar-refractivity contribution in [1.82, 2.24) is 4.57 Å². The van der Waals surface area contributed by atoms with E-state index in [-0.39, 0.29) is 17.3 Å². The Hall–Kier alpha value is -2.36. The molecule has 2 aromatic carbocycles. The van der Waals surface area contributed by atoms with Crippen molar-refractivity contribution in [1.29, 1.82) is 0 Å². The van der Waals surface area contributed by atoms with Gasteiger partial charge in [0.25, 0.3) is 0 Å². The molecule has 172 valence electrons. The number of aryl methyl sites for hydroxylation is 1. The van der Waals surface area contributed by atoms with Crippen LogP contribution in [0.15, 0.2) is 41.2 Å². The monoisotopic (exact) mass is 495 g/mol. The quantitative estimate of drug-likeness (QED) is 0.510. The number of nitrogens with zero attached hydrogens (tertiary/aromatic N) is 2. The second-order valence-electron chi connectivity index (χ2n) is 7.92. The molecular formula is C22H26ClN3O4S2. The predicted molar refractivity (Wildman–Crippen MR) is 133 cm³/mol. The van der Waals surface area contributed by atoms with Crippen molar-refractivity contribution in [3.8, 4) is 0 Å². The minimum absolute atomic E-state index is 0.0193. The molecule has 0 saturated carbocycles. The van der Waals surface area contributed by atoms with Crippen molar-refractivity contribution < 1.29 is 13.2 Å². The van der Waals surface area contributed by atoms with Crippen molar-refractivity contribution in [3.05, 3.63) is 56.7 Å². The number of carbonyl (C=O) groups is 1. The lowest BCUT2D eigenvalue weighted by Gasteiger charge is -2.30. The number of thiazole rings is 1. The topological polar surface area (TPSA) is 88.5 Å². The first-order valence-electron chi connectivity index (χ1n) is 10.2. The molecule has 32 heavy (non-hydrogen) atoms. The first-order chi connectivity index (χ1) is 14.9. The molecule has 1 N–H and O–H groups in total. The highest BCUT2D eigenvalue weighted by atomic mass is 35.5. The number of carbonyl (C=O) groups excluding carboxylic acids is 1. The zero-order valence-corrected chi connectivity index (χ0v) is 20.9. The first kappa shape index (κ1) is 24.3. The number of halogens is 1. The Labute approximate surface area is 196 Å². The summed E-state index contributed by atoms with van der Waals surface area (Å²) in [6.45, 7) is 7.44. The molecule has 0 radical (unpaired) electrons. The Morgan fingerprint density at radius 2 is 1.91 bits per heavy atom. The van der Waals surface area contributed by atoms with Crippen LogP contribution in [0.4, 0.5) is 11.4 Å². The van der Waals surface area contributed by atoms with E-state index < -0.39 is 22.0 Å². The van der Waals surface area contributed by atoms with E-state index in [9.17, 15) is 18.0 Å². The summed E-state index contributed by atoms with van der Waals surface area (Å²) in [5, 5.41) is 3.23. The number of amides is 1. The van der Waals surface area contributed by atoms with Gasteiger partial charge in [-0.15, -0.1) is 0 Å². The number of sulfonamides is 1. The lowest BCUT2D eigenvalue weighted by atomic mass is 10.1. The molecule has 1 heterocycles. The number of anilines is 2. The molecular weight excluding hydrogens is 470 g/mol. The van der Waals surface area contributed by atoms with Gasteiger partial charge in [0, 0.05) is 16.8 Å². The fourth-order valence-corrected chi connectivity index (χ4v) is 6.04. The highest BCUT2D eigenvalue weighted by Crippen LogP contribution is 2.29. The van der Waals surface area contributed by atoms with E-state index in [4.69, 9.17) is 11.6 Å². The van der Waals surface area contributed by atoms with Gasteiger partial charge in [0.05, 0.1) is 22.2 Å². The van der Waals surface area contributed by atoms with E-state index in [1.54, 1.807) is 47.9 Å². The third-order valence-corrected chi connectivity index (χ3v) is 7.64. The van der Waals surface area contributed by atoms with Gasteiger partial charge in [0.2, 0.25) is 15.9 Å². The maximum Gasteiger partial charge on any atom is 0.308 e. The summed E-state index contributed by atoms with van der Waals surface area (Å²) in [5.41, 5.74) is 2.43. The smallest absolute Gasteiger partial charge is 0.308 e. The number of benzene rings is 2. The molecule has 1 atom stereocenters. The van der Waals surface area contributed by atoms with Crippen molar-refractivity contribution in [2.45, 2.75) is 46.2 Å². The van der Waals surface area contributed by atoms with Crippen LogP contribution in [-0.2, 0) is 14.8 Å². The zero-order chi connectivity index (χ0) is 23.8. The molecule has 0 aliphatic heterocycles. The molecule has 1 amide bonds. The van der Waals surface area contributed by atoms with Crippen molar-refractivity contribution in [2.75, 3.05) is 15.9 Å². The van der Waals surface area contributed by atoms with E-state index in [1.807, 2.05) is 20.8 Å². The summed E-state index contributed by atoms with van der Waals surface area (Å²) < 4.78 is 28.8. The molecule has 0 aliphatic carbocycles. The summed E-state index contributed by atoms with van der Waals surface area (Å²) in [6.07, 6.45) is 1.32. The fraction of sp³-hybridized carbons (Fsp3) is 0.364. The fourth-order valence-electron chi connectivity index (χ4n) is 3.61. The Bertz CT molecular complexity index is 1330. The van der Waals surface area contributed by atoms with E-state index in [2.05, 4.69) is 5.32 Å². The molecule has 0 bridgehead atoms. The predicted octanol–water partition coefficient (Wildman–Crippen LogP) is 4.79. The lowest BCUT2D eigenvalue weighted by Crippen LogP contribution is -2.47. The molecule has 0 fully saturated rings. The Morgan fingerprint density at radius 3 is 2.47 bits per heavy atom. The summed E-state index contributed by atoms with van der Waals surface area (Å²) in [5.74, 6) is -0.468. The van der Waals surface area contributed by atoms with Gasteiger partial charge in [-0.1, -0.05) is 35.9 Å². The third-order valence-electron chi connectivity index (χ3n) is 5.14. The summed E-state index contributed by atoms with van der Waals surface area (Å²) in [4.78, 5) is 25.4. The number of nitrogens with one attached hydrogen (secondary N) is 1. The van der Waals surface area contributed by atoms with Crippen molar-refractivity contribution >= 4 is 60.5 Å². The summed E-state index contributed by atoms with van der Waals surface area (Å²) in [7, 11) is -3.77. The van der Waals surface area contributed by atoms with Gasteiger partial charge in [0.1, 0.15) is 6.04 Å². The molecule has 10 heteroatoms. The Kier molecular flexibility index (Phi) is 7.02. The molecule has 1 unspecified atom stereocenters. The van der Waals surface area contributed by atoms with E-state index >= 15 is 0 Å². The number of hydrogen-bond donors (Lipinski definition) is 1. The standard InChI is InChI=1S/C22H26ClN3O4S2/c1-6-18(26(32(5,29)30)16-9-7-14(4)17(23)12-16)21(27)24-15-8-10-19-20(11-15)31-22(28)25(19)13(2)3/h7-13,18H,6H2,1-5H3,(H,24,27). The van der Waals surface area contributed by atoms with Crippen LogP contribution in [0.25, 0.3) is 10.2 Å². The highest BCUT2D eigenvalue weighted by Gasteiger charge is 2.32. The molecule has 0 aliphatic rings. The number of rotatable bonds is 7. The number of hydrogen-bond acceptors (Lipinski definition) is 5.